The Labute approximate surface area is 139 Å². The fourth-order valence-electron chi connectivity index (χ4n) is 2.89. The molecule has 1 amide bonds. The minimum atomic E-state index is -0.551. The molecule has 0 spiro atoms. The minimum Gasteiger partial charge on any atom is -0.494 e. The largest absolute Gasteiger partial charge is 0.494 e. The highest BCUT2D eigenvalue weighted by Gasteiger charge is 2.27. The van der Waals surface area contributed by atoms with Crippen LogP contribution in [0.3, 0.4) is 0 Å². The first-order chi connectivity index (χ1) is 11.6. The van der Waals surface area contributed by atoms with Crippen LogP contribution in [0.4, 0.5) is 4.39 Å². The zero-order chi connectivity index (χ0) is 17.1. The zero-order valence-electron chi connectivity index (χ0n) is 13.7. The maximum atomic E-state index is 13.7. The van der Waals surface area contributed by atoms with Crippen LogP contribution in [-0.2, 0) is 11.8 Å². The summed E-state index contributed by atoms with van der Waals surface area (Å²) in [7, 11) is 3.30. The van der Waals surface area contributed by atoms with E-state index in [0.29, 0.717) is 13.0 Å². The van der Waals surface area contributed by atoms with Crippen molar-refractivity contribution in [2.24, 2.45) is 7.05 Å². The second kappa shape index (κ2) is 7.00. The molecule has 24 heavy (non-hydrogen) atoms. The Balaban J connectivity index is 1.66. The van der Waals surface area contributed by atoms with Crippen LogP contribution in [0.25, 0.3) is 0 Å². The third-order valence-electron chi connectivity index (χ3n) is 4.22. The van der Waals surface area contributed by atoms with Crippen LogP contribution in [0, 0.1) is 5.82 Å². The van der Waals surface area contributed by atoms with Crippen LogP contribution >= 0.6 is 0 Å². The molecule has 7 heteroatoms. The molecule has 1 saturated heterocycles. The molecule has 0 unspecified atom stereocenters. The lowest BCUT2D eigenvalue weighted by molar-refractivity contribution is -0.00302. The van der Waals surface area contributed by atoms with E-state index < -0.39 is 5.82 Å². The number of halogens is 1. The molecule has 2 heterocycles. The maximum Gasteiger partial charge on any atom is 0.251 e. The fraction of sp³-hybridized carbons (Fsp3) is 0.412. The Kier molecular flexibility index (Phi) is 4.80. The summed E-state index contributed by atoms with van der Waals surface area (Å²) in [6.07, 6.45) is 4.77. The summed E-state index contributed by atoms with van der Waals surface area (Å²) >= 11 is 0. The average molecular weight is 333 g/mol. The molecule has 1 aromatic carbocycles. The van der Waals surface area contributed by atoms with E-state index in [-0.39, 0.29) is 29.4 Å². The molecule has 0 saturated carbocycles. The van der Waals surface area contributed by atoms with Crippen molar-refractivity contribution in [3.05, 3.63) is 47.8 Å². The number of hydrogen-bond acceptors (Lipinski definition) is 4. The highest BCUT2D eigenvalue weighted by Crippen LogP contribution is 2.28. The van der Waals surface area contributed by atoms with E-state index in [1.807, 2.05) is 11.6 Å². The van der Waals surface area contributed by atoms with Gasteiger partial charge in [0.15, 0.2) is 11.6 Å². The van der Waals surface area contributed by atoms with Crippen molar-refractivity contribution in [1.29, 1.82) is 0 Å². The van der Waals surface area contributed by atoms with Crippen LogP contribution < -0.4 is 10.1 Å². The van der Waals surface area contributed by atoms with Crippen molar-refractivity contribution in [3.63, 3.8) is 0 Å². The van der Waals surface area contributed by atoms with Gasteiger partial charge in [-0.15, -0.1) is 0 Å². The van der Waals surface area contributed by atoms with Crippen molar-refractivity contribution in [2.75, 3.05) is 13.7 Å². The van der Waals surface area contributed by atoms with Gasteiger partial charge in [0, 0.05) is 25.3 Å². The molecular formula is C17H20FN3O3. The number of aryl methyl sites for hydroxylation is 1. The van der Waals surface area contributed by atoms with Crippen LogP contribution in [0.15, 0.2) is 30.7 Å². The van der Waals surface area contributed by atoms with Crippen LogP contribution in [0.5, 0.6) is 5.75 Å². The predicted molar refractivity (Wildman–Crippen MR) is 85.3 cm³/mol. The molecule has 2 atom stereocenters. The molecule has 128 valence electrons. The van der Waals surface area contributed by atoms with Crippen molar-refractivity contribution in [1.82, 2.24) is 14.9 Å². The smallest absolute Gasteiger partial charge is 0.251 e. The maximum absolute atomic E-state index is 13.7. The van der Waals surface area contributed by atoms with Gasteiger partial charge in [0.05, 0.1) is 25.3 Å². The summed E-state index contributed by atoms with van der Waals surface area (Å²) in [5.41, 5.74) is 1.25. The van der Waals surface area contributed by atoms with E-state index in [9.17, 15) is 9.18 Å². The first kappa shape index (κ1) is 16.4. The number of ether oxygens (including phenoxy) is 2. The first-order valence-corrected chi connectivity index (χ1v) is 7.80. The predicted octanol–water partition coefficient (Wildman–Crippen LogP) is 2.22. The van der Waals surface area contributed by atoms with Gasteiger partial charge in [-0.2, -0.15) is 0 Å². The van der Waals surface area contributed by atoms with E-state index in [4.69, 9.17) is 9.47 Å². The molecule has 0 aliphatic carbocycles. The second-order valence-electron chi connectivity index (χ2n) is 5.83. The van der Waals surface area contributed by atoms with Crippen molar-refractivity contribution in [3.8, 4) is 5.75 Å². The molecule has 0 radical (unpaired) electrons. The van der Waals surface area contributed by atoms with Gasteiger partial charge in [-0.25, -0.2) is 9.37 Å². The van der Waals surface area contributed by atoms with Crippen molar-refractivity contribution < 1.29 is 18.7 Å². The standard InChI is InChI=1S/C17H20FN3O3/c1-21-10-19-9-14(21)16-8-12(5-6-24-16)20-17(22)11-3-4-15(23-2)13(18)7-11/h3-4,7,9-10,12,16H,5-6,8H2,1-2H3,(H,20,22)/t12-,16+/m1/s1. The highest BCUT2D eigenvalue weighted by atomic mass is 19.1. The number of aromatic nitrogens is 2. The number of carbonyl (C=O) groups excluding carboxylic acids is 1. The number of carbonyl (C=O) groups is 1. The Morgan fingerprint density at radius 2 is 2.33 bits per heavy atom. The van der Waals surface area contributed by atoms with Gasteiger partial charge >= 0.3 is 0 Å². The van der Waals surface area contributed by atoms with Crippen LogP contribution in [-0.4, -0.2) is 35.2 Å². The molecule has 1 N–H and O–H groups in total. The Morgan fingerprint density at radius 1 is 1.50 bits per heavy atom. The van der Waals surface area contributed by atoms with Gasteiger partial charge in [-0.3, -0.25) is 4.79 Å². The number of amides is 1. The van der Waals surface area contributed by atoms with E-state index in [2.05, 4.69) is 10.3 Å². The number of nitrogens with one attached hydrogen (secondary N) is 1. The SMILES string of the molecule is COc1ccc(C(=O)N[C@@H]2CCO[C@H](c3cncn3C)C2)cc1F. The number of benzene rings is 1. The molecule has 1 fully saturated rings. The van der Waals surface area contributed by atoms with Crippen LogP contribution in [0.1, 0.15) is 35.0 Å². The number of rotatable bonds is 4. The van der Waals surface area contributed by atoms with Crippen molar-refractivity contribution >= 4 is 5.91 Å². The average Bonchev–Trinajstić information content (AvgIpc) is 3.01. The van der Waals surface area contributed by atoms with E-state index in [1.165, 1.54) is 19.2 Å². The molecular weight excluding hydrogens is 313 g/mol. The summed E-state index contributed by atoms with van der Waals surface area (Å²) in [6, 6.07) is 4.16. The van der Waals surface area contributed by atoms with E-state index >= 15 is 0 Å². The number of hydrogen-bond donors (Lipinski definition) is 1. The molecule has 6 nitrogen and oxygen atoms in total. The third-order valence-corrected chi connectivity index (χ3v) is 4.22. The Hall–Kier alpha value is -2.41. The summed E-state index contributed by atoms with van der Waals surface area (Å²) < 4.78 is 26.3. The lowest BCUT2D eigenvalue weighted by Crippen LogP contribution is -2.40. The Morgan fingerprint density at radius 3 is 3.00 bits per heavy atom. The van der Waals surface area contributed by atoms with Gasteiger partial charge in [0.1, 0.15) is 6.10 Å². The Bertz CT molecular complexity index is 732. The van der Waals surface area contributed by atoms with Gasteiger partial charge in [-0.1, -0.05) is 0 Å². The summed E-state index contributed by atoms with van der Waals surface area (Å²) in [5.74, 6) is -0.731. The highest BCUT2D eigenvalue weighted by molar-refractivity contribution is 5.94. The summed E-state index contributed by atoms with van der Waals surface area (Å²) in [6.45, 7) is 0.553. The fourth-order valence-corrected chi connectivity index (χ4v) is 2.89. The summed E-state index contributed by atoms with van der Waals surface area (Å²) in [4.78, 5) is 16.4. The quantitative estimate of drug-likeness (QED) is 0.932. The molecule has 1 aromatic heterocycles. The molecule has 2 aromatic rings. The normalized spacial score (nSPS) is 20.6. The van der Waals surface area contributed by atoms with Gasteiger partial charge in [0.25, 0.3) is 5.91 Å². The molecule has 0 bridgehead atoms. The van der Waals surface area contributed by atoms with Gasteiger partial charge in [-0.05, 0) is 31.0 Å². The number of imidazole rings is 1. The van der Waals surface area contributed by atoms with Crippen molar-refractivity contribution in [2.45, 2.75) is 25.0 Å². The van der Waals surface area contributed by atoms with E-state index in [0.717, 1.165) is 12.1 Å². The van der Waals surface area contributed by atoms with Crippen LogP contribution in [0.2, 0.25) is 0 Å². The molecule has 1 aliphatic heterocycles. The van der Waals surface area contributed by atoms with Gasteiger partial charge < -0.3 is 19.4 Å². The number of nitrogens with zero attached hydrogens (tertiary/aromatic N) is 2. The monoisotopic (exact) mass is 333 g/mol. The zero-order valence-corrected chi connectivity index (χ0v) is 13.7. The lowest BCUT2D eigenvalue weighted by Gasteiger charge is -2.30. The molecule has 1 aliphatic rings. The summed E-state index contributed by atoms with van der Waals surface area (Å²) in [5, 5.41) is 2.96. The second-order valence-corrected chi connectivity index (χ2v) is 5.83. The number of methoxy groups -OCH3 is 1. The molecule has 3 rings (SSSR count). The van der Waals surface area contributed by atoms with Gasteiger partial charge in [0.2, 0.25) is 0 Å². The topological polar surface area (TPSA) is 65.4 Å². The minimum absolute atomic E-state index is 0.0312. The van der Waals surface area contributed by atoms with E-state index in [1.54, 1.807) is 18.6 Å². The lowest BCUT2D eigenvalue weighted by atomic mass is 10.0. The first-order valence-electron chi connectivity index (χ1n) is 7.80. The third kappa shape index (κ3) is 3.41.